The Morgan fingerprint density at radius 1 is 0.938 bits per heavy atom. The molecule has 48 heavy (non-hydrogen) atoms. The molecule has 0 bridgehead atoms. The first-order chi connectivity index (χ1) is 22.3. The van der Waals surface area contributed by atoms with Crippen molar-refractivity contribution < 1.29 is 40.6 Å². The molecule has 0 saturated heterocycles. The molecule has 7 nitrogen and oxygen atoms in total. The third kappa shape index (κ3) is 7.95. The number of quaternary nitrogens is 1. The van der Waals surface area contributed by atoms with Gasteiger partial charge in [-0.25, -0.2) is 0 Å². The van der Waals surface area contributed by atoms with E-state index >= 15 is 0 Å². The second kappa shape index (κ2) is 15.8. The fourth-order valence-corrected chi connectivity index (χ4v) is 9.13. The third-order valence-corrected chi connectivity index (χ3v) is 11.7. The number of ether oxygens (including phenoxy) is 2. The van der Waals surface area contributed by atoms with Gasteiger partial charge in [0.2, 0.25) is 10.3 Å². The highest BCUT2D eigenvalue weighted by Gasteiger charge is 2.33. The highest BCUT2D eigenvalue weighted by molar-refractivity contribution is 7.91. The van der Waals surface area contributed by atoms with Crippen molar-refractivity contribution in [2.75, 3.05) is 40.9 Å². The van der Waals surface area contributed by atoms with Gasteiger partial charge in [0, 0.05) is 39.3 Å². The maximum atomic E-state index is 13.0. The summed E-state index contributed by atoms with van der Waals surface area (Å²) in [5.74, 6) is 1.25. The lowest BCUT2D eigenvalue weighted by atomic mass is 10.0. The third-order valence-electron chi connectivity index (χ3n) is 8.10. The molecule has 1 aromatic heterocycles. The average Bonchev–Trinajstić information content (AvgIpc) is 3.04. The van der Waals surface area contributed by atoms with E-state index in [2.05, 4.69) is 6.92 Å². The van der Waals surface area contributed by atoms with Crippen molar-refractivity contribution in [2.45, 2.75) is 49.5 Å². The number of benzene rings is 4. The second-order valence-corrected chi connectivity index (χ2v) is 16.0. The van der Waals surface area contributed by atoms with Crippen molar-refractivity contribution in [3.8, 4) is 11.5 Å². The number of halogens is 2. The summed E-state index contributed by atoms with van der Waals surface area (Å²) in [6, 6.07) is 20.1. The maximum Gasteiger partial charge on any atom is 0.205 e. The van der Waals surface area contributed by atoms with Gasteiger partial charge in [-0.3, -0.25) is 4.79 Å². The van der Waals surface area contributed by atoms with Gasteiger partial charge in [-0.1, -0.05) is 48.9 Å². The zero-order valence-electron chi connectivity index (χ0n) is 28.0. The van der Waals surface area contributed by atoms with Crippen LogP contribution in [0.15, 0.2) is 81.3 Å². The normalized spacial score (nSPS) is 14.7. The first-order valence-electron chi connectivity index (χ1n) is 15.6. The molecule has 1 aliphatic rings. The molecule has 3 atom stereocenters. The Balaban J connectivity index is 0.000000221. The topological polar surface area (TPSA) is 102 Å². The van der Waals surface area contributed by atoms with Crippen LogP contribution in [0.3, 0.4) is 0 Å². The summed E-state index contributed by atoms with van der Waals surface area (Å²) in [6.45, 7) is 7.12. The van der Waals surface area contributed by atoms with Gasteiger partial charge in [0.1, 0.15) is 25.0 Å². The number of rotatable bonds is 8. The summed E-state index contributed by atoms with van der Waals surface area (Å²) in [7, 11) is 4.61. The predicted molar refractivity (Wildman–Crippen MR) is 191 cm³/mol. The number of hydrogen-bond donors (Lipinski definition) is 1. The van der Waals surface area contributed by atoms with Crippen LogP contribution in [0.1, 0.15) is 35.6 Å². The molecule has 3 unspecified atom stereocenters. The number of aliphatic hydroxyl groups is 1. The van der Waals surface area contributed by atoms with E-state index in [4.69, 9.17) is 21.1 Å². The van der Waals surface area contributed by atoms with Gasteiger partial charge in [0.15, 0.2) is 20.0 Å². The SMILES string of the molecule is CCCOc1ccc(Cl)c2c1[S+]([O-])c1ccccc1C2.Cc1c(OCC(O)C[N+](C)(C)C)cc2c(=O)c3ccccc3[s+]([O-])c2c1C.[Cl-]. The Hall–Kier alpha value is -2.86. The van der Waals surface area contributed by atoms with Crippen molar-refractivity contribution in [1.29, 1.82) is 0 Å². The van der Waals surface area contributed by atoms with Crippen molar-refractivity contribution in [3.05, 3.63) is 104 Å². The molecule has 6 rings (SSSR count). The van der Waals surface area contributed by atoms with E-state index in [0.717, 1.165) is 38.5 Å². The summed E-state index contributed by atoms with van der Waals surface area (Å²) in [5, 5.41) is 11.8. The predicted octanol–water partition coefficient (Wildman–Crippen LogP) is 4.35. The van der Waals surface area contributed by atoms with Crippen LogP contribution in [0.5, 0.6) is 11.5 Å². The van der Waals surface area contributed by atoms with E-state index < -0.39 is 28.0 Å². The highest BCUT2D eigenvalue weighted by atomic mass is 35.5. The smallest absolute Gasteiger partial charge is 0.205 e. The van der Waals surface area contributed by atoms with Crippen LogP contribution in [0.2, 0.25) is 5.02 Å². The van der Waals surface area contributed by atoms with Crippen molar-refractivity contribution >= 4 is 53.7 Å². The molecule has 0 spiro atoms. The lowest BCUT2D eigenvalue weighted by molar-refractivity contribution is -0.873. The molecule has 0 saturated carbocycles. The van der Waals surface area contributed by atoms with Crippen LogP contribution in [0.25, 0.3) is 20.2 Å². The zero-order chi connectivity index (χ0) is 34.0. The number of likely N-dealkylation sites (N-methyl/N-ethyl adjacent to an activating group) is 1. The fraction of sp³-hybridized carbons (Fsp3) is 0.324. The van der Waals surface area contributed by atoms with Gasteiger partial charge >= 0.3 is 0 Å². The number of aryl methyl sites for hydroxylation is 1. The van der Waals surface area contributed by atoms with Gasteiger partial charge in [-0.05, 0) is 73.0 Å². The minimum atomic E-state index is -1.40. The summed E-state index contributed by atoms with van der Waals surface area (Å²) in [4.78, 5) is 14.6. The molecule has 1 aliphatic heterocycles. The number of fused-ring (bicyclic) bond motifs is 4. The van der Waals surface area contributed by atoms with Crippen LogP contribution in [0.4, 0.5) is 0 Å². The Kier molecular flexibility index (Phi) is 12.5. The summed E-state index contributed by atoms with van der Waals surface area (Å²) >= 11 is 5.07. The van der Waals surface area contributed by atoms with E-state index in [0.29, 0.717) is 60.7 Å². The summed E-state index contributed by atoms with van der Waals surface area (Å²) < 4.78 is 39.2. The van der Waals surface area contributed by atoms with Crippen molar-refractivity contribution in [3.63, 3.8) is 0 Å². The van der Waals surface area contributed by atoms with Gasteiger partial charge in [-0.15, -0.1) is 0 Å². The van der Waals surface area contributed by atoms with Gasteiger partial charge in [-0.2, -0.15) is 0 Å². The first kappa shape index (κ1) is 38.0. The quantitative estimate of drug-likeness (QED) is 0.145. The molecule has 0 radical (unpaired) electrons. The molecule has 2 heterocycles. The molecule has 0 amide bonds. The number of nitrogens with zero attached hydrogens (tertiary/aromatic N) is 1. The van der Waals surface area contributed by atoms with Crippen molar-refractivity contribution in [2.24, 2.45) is 0 Å². The molecule has 0 fully saturated rings. The molecule has 256 valence electrons. The maximum absolute atomic E-state index is 13.0. The average molecular weight is 731 g/mol. The molecule has 4 aromatic carbocycles. The molecular weight excluding hydrogens is 689 g/mol. The Morgan fingerprint density at radius 3 is 2.33 bits per heavy atom. The minimum Gasteiger partial charge on any atom is -1.00 e. The second-order valence-electron chi connectivity index (χ2n) is 12.8. The number of aliphatic hydroxyl groups excluding tert-OH is 1. The van der Waals surface area contributed by atoms with E-state index in [1.165, 1.54) is 0 Å². The standard InChI is InChI=1S/C21H26NO4S.C16H15ClO2S.ClH/c1-13-14(2)21-17(10-18(13)26-12-15(23)11-22(3,4)5)20(24)16-8-6-7-9-19(16)27(21)25;1-2-9-19-14-8-7-13(17)12-10-11-5-3-4-6-15(11)20(18)16(12)14;/h6-10,15,23H,11-12H2,1-5H3;3-8H,2,9-10H2,1H3;1H/q+1;;/p-1. The van der Waals surface area contributed by atoms with E-state index in [9.17, 15) is 19.0 Å². The zero-order valence-corrected chi connectivity index (χ0v) is 31.1. The lowest BCUT2D eigenvalue weighted by Gasteiger charge is -2.26. The molecule has 0 aliphatic carbocycles. The summed E-state index contributed by atoms with van der Waals surface area (Å²) in [6.07, 6.45) is 1.01. The Labute approximate surface area is 299 Å². The van der Waals surface area contributed by atoms with Crippen LogP contribution in [0, 0.1) is 13.8 Å². The van der Waals surface area contributed by atoms with Crippen molar-refractivity contribution in [1.82, 2.24) is 0 Å². The van der Waals surface area contributed by atoms with Crippen LogP contribution < -0.4 is 27.3 Å². The van der Waals surface area contributed by atoms with E-state index in [1.54, 1.807) is 30.3 Å². The first-order valence-corrected chi connectivity index (χ1v) is 18.2. The molecule has 1 N–H and O–H groups in total. The van der Waals surface area contributed by atoms with E-state index in [1.807, 2.05) is 71.4 Å². The fourth-order valence-electron chi connectivity index (χ4n) is 5.77. The van der Waals surface area contributed by atoms with E-state index in [-0.39, 0.29) is 24.4 Å². The molecular formula is C37H41Cl2NO6S2. The molecule has 5 aromatic rings. The highest BCUT2D eigenvalue weighted by Crippen LogP contribution is 2.43. The lowest BCUT2D eigenvalue weighted by Crippen LogP contribution is -3.00. The Bertz CT molecular complexity index is 1990. The van der Waals surface area contributed by atoms with Crippen LogP contribution >= 0.6 is 22.4 Å². The van der Waals surface area contributed by atoms with Crippen LogP contribution in [-0.2, 0) is 17.6 Å². The molecule has 11 heteroatoms. The Morgan fingerprint density at radius 2 is 1.62 bits per heavy atom. The van der Waals surface area contributed by atoms with Crippen LogP contribution in [-0.4, -0.2) is 65.7 Å². The minimum absolute atomic E-state index is 0. The summed E-state index contributed by atoms with van der Waals surface area (Å²) in [5.41, 5.74) is 3.50. The monoisotopic (exact) mass is 729 g/mol. The van der Waals surface area contributed by atoms with Gasteiger partial charge in [0.05, 0.1) is 38.5 Å². The van der Waals surface area contributed by atoms with Gasteiger partial charge < -0.3 is 40.6 Å². The van der Waals surface area contributed by atoms with Gasteiger partial charge in [0.25, 0.3) is 0 Å². The number of hydrogen-bond acceptors (Lipinski definition) is 6. The largest absolute Gasteiger partial charge is 1.00 e.